The molecule has 0 aliphatic rings. The predicted octanol–water partition coefficient (Wildman–Crippen LogP) is 1.63. The number of nitrogens with two attached hydrogens (primary N) is 1. The fraction of sp³-hybridized carbons (Fsp3) is 0.0909. The number of benzene rings is 1. The van der Waals surface area contributed by atoms with Crippen molar-refractivity contribution in [1.82, 2.24) is 4.98 Å². The van der Waals surface area contributed by atoms with Crippen LogP contribution in [0.15, 0.2) is 34.7 Å². The number of amides is 1. The molecule has 0 bridgehead atoms. The van der Waals surface area contributed by atoms with Crippen LogP contribution >= 0.6 is 22.9 Å². The SMILES string of the molecule is NC(=O)Cc1ccccc1NS(=O)(=O)c1cnc(Cl)s1. The lowest BCUT2D eigenvalue weighted by Gasteiger charge is -2.10. The quantitative estimate of drug-likeness (QED) is 0.869. The summed E-state index contributed by atoms with van der Waals surface area (Å²) < 4.78 is 26.8. The first-order valence-electron chi connectivity index (χ1n) is 5.39. The fourth-order valence-corrected chi connectivity index (χ4v) is 3.91. The van der Waals surface area contributed by atoms with Gasteiger partial charge < -0.3 is 5.73 Å². The van der Waals surface area contributed by atoms with E-state index in [0.717, 1.165) is 11.3 Å². The number of para-hydroxylation sites is 1. The Morgan fingerprint density at radius 3 is 2.70 bits per heavy atom. The van der Waals surface area contributed by atoms with Crippen molar-refractivity contribution in [1.29, 1.82) is 0 Å². The number of halogens is 1. The number of sulfonamides is 1. The zero-order valence-electron chi connectivity index (χ0n) is 10.0. The molecule has 0 fully saturated rings. The van der Waals surface area contributed by atoms with Crippen molar-refractivity contribution in [2.45, 2.75) is 10.6 Å². The molecule has 106 valence electrons. The third kappa shape index (κ3) is 3.47. The first-order valence-corrected chi connectivity index (χ1v) is 8.06. The summed E-state index contributed by atoms with van der Waals surface area (Å²) in [5.74, 6) is -0.544. The van der Waals surface area contributed by atoms with Crippen LogP contribution in [0.1, 0.15) is 5.56 Å². The highest BCUT2D eigenvalue weighted by atomic mass is 35.5. The first kappa shape index (κ1) is 14.8. The summed E-state index contributed by atoms with van der Waals surface area (Å²) in [6.45, 7) is 0. The average molecular weight is 332 g/mol. The third-order valence-corrected chi connectivity index (χ3v) is 5.29. The second-order valence-electron chi connectivity index (χ2n) is 3.84. The predicted molar refractivity (Wildman–Crippen MR) is 77.3 cm³/mol. The normalized spacial score (nSPS) is 11.2. The van der Waals surface area contributed by atoms with Gasteiger partial charge in [-0.05, 0) is 11.6 Å². The van der Waals surface area contributed by atoms with Crippen LogP contribution in [0.3, 0.4) is 0 Å². The van der Waals surface area contributed by atoms with Crippen molar-refractivity contribution in [3.05, 3.63) is 40.5 Å². The van der Waals surface area contributed by atoms with Crippen molar-refractivity contribution < 1.29 is 13.2 Å². The van der Waals surface area contributed by atoms with Gasteiger partial charge in [-0.2, -0.15) is 0 Å². The van der Waals surface area contributed by atoms with Crippen LogP contribution in [0.2, 0.25) is 4.47 Å². The van der Waals surface area contributed by atoms with Crippen molar-refractivity contribution in [3.8, 4) is 0 Å². The molecule has 2 aromatic rings. The van der Waals surface area contributed by atoms with Crippen LogP contribution in [0.25, 0.3) is 0 Å². The maximum atomic E-state index is 12.1. The fourth-order valence-electron chi connectivity index (χ4n) is 1.52. The topological polar surface area (TPSA) is 102 Å². The number of anilines is 1. The number of rotatable bonds is 5. The molecule has 1 aromatic heterocycles. The summed E-state index contributed by atoms with van der Waals surface area (Å²) in [7, 11) is -3.78. The number of nitrogens with zero attached hydrogens (tertiary/aromatic N) is 1. The van der Waals surface area contributed by atoms with Crippen LogP contribution in [0.4, 0.5) is 5.69 Å². The lowest BCUT2D eigenvalue weighted by atomic mass is 10.1. The molecule has 0 unspecified atom stereocenters. The standard InChI is InChI=1S/C11H10ClN3O3S2/c12-11-14-6-10(19-11)20(17,18)15-8-4-2-1-3-7(8)5-9(13)16/h1-4,6,15H,5H2,(H2,13,16). The molecular weight excluding hydrogens is 322 g/mol. The number of carbonyl (C=O) groups excluding carboxylic acids is 1. The Kier molecular flexibility index (Phi) is 4.26. The molecule has 0 spiro atoms. The van der Waals surface area contributed by atoms with E-state index in [1.807, 2.05) is 0 Å². The average Bonchev–Trinajstić information content (AvgIpc) is 2.78. The Hall–Kier alpha value is -1.64. The van der Waals surface area contributed by atoms with Gasteiger partial charge in [-0.25, -0.2) is 13.4 Å². The summed E-state index contributed by atoms with van der Waals surface area (Å²) in [5.41, 5.74) is 5.93. The summed E-state index contributed by atoms with van der Waals surface area (Å²) in [4.78, 5) is 14.7. The summed E-state index contributed by atoms with van der Waals surface area (Å²) in [6, 6.07) is 6.53. The lowest BCUT2D eigenvalue weighted by molar-refractivity contribution is -0.117. The molecule has 20 heavy (non-hydrogen) atoms. The zero-order chi connectivity index (χ0) is 14.8. The highest BCUT2D eigenvalue weighted by Crippen LogP contribution is 2.26. The number of nitrogens with one attached hydrogen (secondary N) is 1. The van der Waals surface area contributed by atoms with E-state index in [1.165, 1.54) is 6.20 Å². The number of aromatic nitrogens is 1. The van der Waals surface area contributed by atoms with Gasteiger partial charge in [0.2, 0.25) is 5.91 Å². The van der Waals surface area contributed by atoms with E-state index in [-0.39, 0.29) is 15.1 Å². The minimum Gasteiger partial charge on any atom is -0.369 e. The first-order chi connectivity index (χ1) is 9.38. The maximum Gasteiger partial charge on any atom is 0.273 e. The second kappa shape index (κ2) is 5.78. The highest BCUT2D eigenvalue weighted by Gasteiger charge is 2.19. The summed E-state index contributed by atoms with van der Waals surface area (Å²) in [6.07, 6.45) is 1.12. The van der Waals surface area contributed by atoms with E-state index in [1.54, 1.807) is 24.3 Å². The van der Waals surface area contributed by atoms with Gasteiger partial charge in [0.05, 0.1) is 18.3 Å². The molecule has 1 aromatic carbocycles. The van der Waals surface area contributed by atoms with E-state index >= 15 is 0 Å². The number of hydrogen-bond acceptors (Lipinski definition) is 5. The zero-order valence-corrected chi connectivity index (χ0v) is 12.4. The summed E-state index contributed by atoms with van der Waals surface area (Å²) in [5, 5.41) is 0. The molecule has 2 rings (SSSR count). The molecule has 1 heterocycles. The van der Waals surface area contributed by atoms with Crippen molar-refractivity contribution in [2.75, 3.05) is 4.72 Å². The molecule has 1 amide bonds. The molecule has 0 saturated carbocycles. The minimum atomic E-state index is -3.78. The Morgan fingerprint density at radius 2 is 2.10 bits per heavy atom. The molecule has 0 radical (unpaired) electrons. The second-order valence-corrected chi connectivity index (χ2v) is 7.36. The van der Waals surface area contributed by atoms with Gasteiger partial charge in [0.25, 0.3) is 10.0 Å². The van der Waals surface area contributed by atoms with E-state index in [4.69, 9.17) is 17.3 Å². The van der Waals surface area contributed by atoms with Crippen molar-refractivity contribution >= 4 is 44.6 Å². The maximum absolute atomic E-state index is 12.1. The van der Waals surface area contributed by atoms with Crippen molar-refractivity contribution in [3.63, 3.8) is 0 Å². The number of hydrogen-bond donors (Lipinski definition) is 2. The van der Waals surface area contributed by atoms with Gasteiger partial charge in [0, 0.05) is 0 Å². The van der Waals surface area contributed by atoms with Crippen LogP contribution < -0.4 is 10.5 Å². The smallest absolute Gasteiger partial charge is 0.273 e. The van der Waals surface area contributed by atoms with Crippen LogP contribution in [0.5, 0.6) is 0 Å². The Morgan fingerprint density at radius 1 is 1.40 bits per heavy atom. The molecule has 0 atom stereocenters. The number of carbonyl (C=O) groups is 1. The van der Waals surface area contributed by atoms with Crippen LogP contribution in [0, 0.1) is 0 Å². The van der Waals surface area contributed by atoms with Gasteiger partial charge in [-0.1, -0.05) is 41.1 Å². The Bertz CT molecular complexity index is 743. The van der Waals surface area contributed by atoms with E-state index in [0.29, 0.717) is 11.3 Å². The monoisotopic (exact) mass is 331 g/mol. The minimum absolute atomic E-state index is 0.00335. The van der Waals surface area contributed by atoms with Gasteiger partial charge in [-0.3, -0.25) is 9.52 Å². The molecule has 0 aliphatic carbocycles. The molecular formula is C11H10ClN3O3S2. The third-order valence-electron chi connectivity index (χ3n) is 2.35. The van der Waals surface area contributed by atoms with Crippen LogP contribution in [-0.2, 0) is 21.2 Å². The van der Waals surface area contributed by atoms with Gasteiger partial charge in [0.1, 0.15) is 0 Å². The Balaban J connectivity index is 2.32. The number of primary amides is 1. The van der Waals surface area contributed by atoms with Crippen molar-refractivity contribution in [2.24, 2.45) is 5.73 Å². The molecule has 9 heteroatoms. The van der Waals surface area contributed by atoms with Crippen LogP contribution in [-0.4, -0.2) is 19.3 Å². The van der Waals surface area contributed by atoms with Gasteiger partial charge in [-0.15, -0.1) is 0 Å². The van der Waals surface area contributed by atoms with Gasteiger partial charge in [0.15, 0.2) is 8.68 Å². The summed E-state index contributed by atoms with van der Waals surface area (Å²) >= 11 is 6.47. The molecule has 6 nitrogen and oxygen atoms in total. The van der Waals surface area contributed by atoms with Gasteiger partial charge >= 0.3 is 0 Å². The van der Waals surface area contributed by atoms with E-state index in [9.17, 15) is 13.2 Å². The lowest BCUT2D eigenvalue weighted by Crippen LogP contribution is -2.17. The highest BCUT2D eigenvalue weighted by molar-refractivity contribution is 7.94. The molecule has 3 N–H and O–H groups in total. The Labute approximate surface area is 124 Å². The van der Waals surface area contributed by atoms with E-state index < -0.39 is 15.9 Å². The molecule has 0 aliphatic heterocycles. The number of thiazole rings is 1. The van der Waals surface area contributed by atoms with E-state index in [2.05, 4.69) is 9.71 Å². The molecule has 0 saturated heterocycles. The largest absolute Gasteiger partial charge is 0.369 e.